The summed E-state index contributed by atoms with van der Waals surface area (Å²) in [4.78, 5) is 25.3. The molecular weight excluding hydrogens is 382 g/mol. The first-order valence-corrected chi connectivity index (χ1v) is 10.3. The Balaban J connectivity index is 1.63. The molecule has 1 aliphatic rings. The Morgan fingerprint density at radius 1 is 1.03 bits per heavy atom. The number of benzene rings is 2. The van der Waals surface area contributed by atoms with Gasteiger partial charge in [-0.05, 0) is 34.6 Å². The van der Waals surface area contributed by atoms with Gasteiger partial charge in [-0.25, -0.2) is 9.59 Å². The Labute approximate surface area is 177 Å². The maximum absolute atomic E-state index is 12.6. The number of amides is 1. The summed E-state index contributed by atoms with van der Waals surface area (Å²) in [7, 11) is 1.43. The van der Waals surface area contributed by atoms with Gasteiger partial charge in [0.05, 0.1) is 6.61 Å². The number of carbonyl (C=O) groups excluding carboxylic acids is 1. The molecule has 0 aliphatic heterocycles. The number of likely N-dealkylation sites (N-methyl/N-ethyl adjacent to an activating group) is 1. The fraction of sp³-hybridized carbons (Fsp3) is 0.417. The van der Waals surface area contributed by atoms with Crippen molar-refractivity contribution in [2.24, 2.45) is 5.92 Å². The lowest BCUT2D eigenvalue weighted by atomic mass is 9.98. The van der Waals surface area contributed by atoms with Gasteiger partial charge in [0.1, 0.15) is 6.61 Å². The third-order valence-electron chi connectivity index (χ3n) is 5.49. The fourth-order valence-corrected chi connectivity index (χ4v) is 3.69. The van der Waals surface area contributed by atoms with Crippen LogP contribution >= 0.6 is 0 Å². The molecule has 0 aromatic heterocycles. The minimum atomic E-state index is -1.12. The van der Waals surface area contributed by atoms with Crippen LogP contribution in [-0.4, -0.2) is 55.0 Å². The van der Waals surface area contributed by atoms with Crippen LogP contribution in [-0.2, 0) is 14.3 Å². The van der Waals surface area contributed by atoms with E-state index in [0.29, 0.717) is 12.5 Å². The smallest absolute Gasteiger partial charge is 0.410 e. The highest BCUT2D eigenvalue weighted by atomic mass is 16.6. The van der Waals surface area contributed by atoms with Crippen molar-refractivity contribution >= 4 is 12.1 Å². The van der Waals surface area contributed by atoms with Crippen LogP contribution in [0.4, 0.5) is 4.79 Å². The van der Waals surface area contributed by atoms with Crippen molar-refractivity contribution in [3.05, 3.63) is 59.7 Å². The molecular formula is C24H29NO5. The maximum Gasteiger partial charge on any atom is 0.410 e. The van der Waals surface area contributed by atoms with Gasteiger partial charge < -0.3 is 14.6 Å². The topological polar surface area (TPSA) is 76.1 Å². The highest BCUT2D eigenvalue weighted by molar-refractivity contribution is 5.81. The molecule has 0 saturated carbocycles. The molecule has 2 aromatic rings. The lowest BCUT2D eigenvalue weighted by Gasteiger charge is -2.25. The van der Waals surface area contributed by atoms with Crippen molar-refractivity contribution in [3.63, 3.8) is 0 Å². The number of ether oxygens (including phenoxy) is 2. The van der Waals surface area contributed by atoms with E-state index in [1.165, 1.54) is 7.05 Å². The van der Waals surface area contributed by atoms with E-state index in [1.54, 1.807) is 0 Å². The molecule has 6 heteroatoms. The first-order valence-electron chi connectivity index (χ1n) is 10.3. The molecule has 0 fully saturated rings. The summed E-state index contributed by atoms with van der Waals surface area (Å²) < 4.78 is 11.0. The van der Waals surface area contributed by atoms with Crippen molar-refractivity contribution in [2.45, 2.75) is 32.2 Å². The Morgan fingerprint density at radius 2 is 1.60 bits per heavy atom. The highest BCUT2D eigenvalue weighted by Gasteiger charge is 2.32. The minimum absolute atomic E-state index is 0.0667. The van der Waals surface area contributed by atoms with Crippen LogP contribution in [0.1, 0.15) is 37.3 Å². The van der Waals surface area contributed by atoms with Gasteiger partial charge in [0, 0.05) is 19.6 Å². The number of aliphatic carboxylic acids is 1. The van der Waals surface area contributed by atoms with Crippen molar-refractivity contribution in [2.75, 3.05) is 26.9 Å². The van der Waals surface area contributed by atoms with Gasteiger partial charge in [0.25, 0.3) is 0 Å². The van der Waals surface area contributed by atoms with E-state index in [1.807, 2.05) is 36.4 Å². The zero-order chi connectivity index (χ0) is 21.7. The summed E-state index contributed by atoms with van der Waals surface area (Å²) in [5.74, 6) is -0.719. The molecule has 0 radical (unpaired) electrons. The Hall–Kier alpha value is -2.86. The van der Waals surface area contributed by atoms with Crippen molar-refractivity contribution in [1.29, 1.82) is 0 Å². The number of rotatable bonds is 9. The predicted molar refractivity (Wildman–Crippen MR) is 115 cm³/mol. The minimum Gasteiger partial charge on any atom is -0.480 e. The van der Waals surface area contributed by atoms with Crippen molar-refractivity contribution < 1.29 is 24.2 Å². The summed E-state index contributed by atoms with van der Waals surface area (Å²) in [5.41, 5.74) is 4.51. The van der Waals surface area contributed by atoms with E-state index in [9.17, 15) is 14.7 Å². The molecule has 0 bridgehead atoms. The SMILES string of the molecule is CC(C)CCOCC(C(=O)O)N(C)C(=O)OCC1c2ccccc2-c2ccccc21. The van der Waals surface area contributed by atoms with E-state index in [4.69, 9.17) is 9.47 Å². The van der Waals surface area contributed by atoms with Crippen molar-refractivity contribution in [1.82, 2.24) is 4.90 Å². The summed E-state index contributed by atoms with van der Waals surface area (Å²) in [5, 5.41) is 9.51. The Morgan fingerprint density at radius 3 is 2.13 bits per heavy atom. The van der Waals surface area contributed by atoms with Crippen LogP contribution in [0.2, 0.25) is 0 Å². The van der Waals surface area contributed by atoms with Gasteiger partial charge in [0.15, 0.2) is 6.04 Å². The van der Waals surface area contributed by atoms with Crippen LogP contribution in [0.25, 0.3) is 11.1 Å². The molecule has 6 nitrogen and oxygen atoms in total. The second-order valence-corrected chi connectivity index (χ2v) is 8.03. The molecule has 3 rings (SSSR count). The third kappa shape index (κ3) is 4.82. The molecule has 1 atom stereocenters. The van der Waals surface area contributed by atoms with E-state index in [0.717, 1.165) is 33.6 Å². The second-order valence-electron chi connectivity index (χ2n) is 8.03. The normalized spacial score (nSPS) is 13.6. The monoisotopic (exact) mass is 411 g/mol. The Bertz CT molecular complexity index is 849. The van der Waals surface area contributed by atoms with E-state index < -0.39 is 18.1 Å². The number of carboxylic acids is 1. The summed E-state index contributed by atoms with van der Waals surface area (Å²) in [6.45, 7) is 4.68. The van der Waals surface area contributed by atoms with Crippen molar-refractivity contribution in [3.8, 4) is 11.1 Å². The number of carboxylic acid groups (broad SMARTS) is 1. The average Bonchev–Trinajstić information content (AvgIpc) is 3.05. The standard InChI is InChI=1S/C24H29NO5/c1-16(2)12-13-29-15-22(23(26)27)25(3)24(28)30-14-21-19-10-6-4-8-17(19)18-9-5-7-11-20(18)21/h4-11,16,21-22H,12-15H2,1-3H3,(H,26,27). The zero-order valence-electron chi connectivity index (χ0n) is 17.7. The molecule has 0 heterocycles. The number of carbonyl (C=O) groups is 2. The number of nitrogens with zero attached hydrogens (tertiary/aromatic N) is 1. The molecule has 160 valence electrons. The highest BCUT2D eigenvalue weighted by Crippen LogP contribution is 2.44. The van der Waals surface area contributed by atoms with Gasteiger partial charge in [-0.15, -0.1) is 0 Å². The first kappa shape index (κ1) is 21.8. The van der Waals surface area contributed by atoms with Gasteiger partial charge in [-0.2, -0.15) is 0 Å². The molecule has 0 spiro atoms. The largest absolute Gasteiger partial charge is 0.480 e. The fourth-order valence-electron chi connectivity index (χ4n) is 3.69. The second kappa shape index (κ2) is 9.76. The lowest BCUT2D eigenvalue weighted by Crippen LogP contribution is -2.46. The average molecular weight is 411 g/mol. The predicted octanol–water partition coefficient (Wildman–Crippen LogP) is 4.38. The zero-order valence-corrected chi connectivity index (χ0v) is 17.7. The maximum atomic E-state index is 12.6. The van der Waals surface area contributed by atoms with Crippen LogP contribution in [0.5, 0.6) is 0 Å². The van der Waals surface area contributed by atoms with Gasteiger partial charge in [-0.3, -0.25) is 4.90 Å². The molecule has 30 heavy (non-hydrogen) atoms. The molecule has 2 aromatic carbocycles. The van der Waals surface area contributed by atoms with Gasteiger partial charge >= 0.3 is 12.1 Å². The summed E-state index contributed by atoms with van der Waals surface area (Å²) in [6.07, 6.45) is 0.165. The molecule has 1 N–H and O–H groups in total. The van der Waals surface area contributed by atoms with E-state index >= 15 is 0 Å². The molecule has 1 unspecified atom stereocenters. The number of hydrogen-bond acceptors (Lipinski definition) is 4. The summed E-state index contributed by atoms with van der Waals surface area (Å²) >= 11 is 0. The van der Waals surface area contributed by atoms with E-state index in [2.05, 4.69) is 26.0 Å². The van der Waals surface area contributed by atoms with Crippen LogP contribution in [0.3, 0.4) is 0 Å². The lowest BCUT2D eigenvalue weighted by molar-refractivity contribution is -0.144. The molecule has 1 aliphatic carbocycles. The Kier molecular flexibility index (Phi) is 7.11. The third-order valence-corrected chi connectivity index (χ3v) is 5.49. The molecule has 1 amide bonds. The molecule has 0 saturated heterocycles. The van der Waals surface area contributed by atoms with E-state index in [-0.39, 0.29) is 19.1 Å². The van der Waals surface area contributed by atoms with Gasteiger partial charge in [0.2, 0.25) is 0 Å². The van der Waals surface area contributed by atoms with Crippen LogP contribution in [0.15, 0.2) is 48.5 Å². The van der Waals surface area contributed by atoms with Crippen LogP contribution in [0, 0.1) is 5.92 Å². The van der Waals surface area contributed by atoms with Crippen LogP contribution < -0.4 is 0 Å². The van der Waals surface area contributed by atoms with Gasteiger partial charge in [-0.1, -0.05) is 62.4 Å². The summed E-state index contributed by atoms with van der Waals surface area (Å²) in [6, 6.07) is 15.1. The number of fused-ring (bicyclic) bond motifs is 3. The number of hydrogen-bond donors (Lipinski definition) is 1. The quantitative estimate of drug-likeness (QED) is 0.620. The first-order chi connectivity index (χ1) is 14.4.